The molecule has 0 aliphatic heterocycles. The van der Waals surface area contributed by atoms with Crippen LogP contribution in [-0.4, -0.2) is 10.2 Å². The summed E-state index contributed by atoms with van der Waals surface area (Å²) in [7, 11) is 0. The number of aromatic nitrogens is 2. The molecule has 1 heterocycles. The molecule has 4 nitrogen and oxygen atoms in total. The van der Waals surface area contributed by atoms with Gasteiger partial charge in [-0.25, -0.2) is 0 Å². The SMILES string of the molecule is N#Cc1ccc2[nH]nc(-c3ccc(Cl)cc3)c(=O)c2c1. The van der Waals surface area contributed by atoms with Gasteiger partial charge in [-0.2, -0.15) is 10.4 Å². The first-order valence-corrected chi connectivity index (χ1v) is 6.25. The first kappa shape index (κ1) is 12.4. The van der Waals surface area contributed by atoms with Crippen LogP contribution in [0.1, 0.15) is 5.56 Å². The Kier molecular flexibility index (Phi) is 2.97. The van der Waals surface area contributed by atoms with E-state index in [4.69, 9.17) is 16.9 Å². The number of halogens is 1. The summed E-state index contributed by atoms with van der Waals surface area (Å²) in [6.45, 7) is 0. The van der Waals surface area contributed by atoms with Crippen molar-refractivity contribution in [3.8, 4) is 17.3 Å². The highest BCUT2D eigenvalue weighted by molar-refractivity contribution is 6.30. The van der Waals surface area contributed by atoms with E-state index in [-0.39, 0.29) is 5.43 Å². The summed E-state index contributed by atoms with van der Waals surface area (Å²) in [6, 6.07) is 13.8. The average Bonchev–Trinajstić information content (AvgIpc) is 2.49. The fourth-order valence-electron chi connectivity index (χ4n) is 2.00. The molecule has 1 aromatic heterocycles. The van der Waals surface area contributed by atoms with Gasteiger partial charge in [-0.05, 0) is 30.3 Å². The lowest BCUT2D eigenvalue weighted by Crippen LogP contribution is -2.09. The number of hydrogen-bond donors (Lipinski definition) is 1. The quantitative estimate of drug-likeness (QED) is 0.745. The maximum absolute atomic E-state index is 12.5. The molecule has 1 N–H and O–H groups in total. The molecule has 0 saturated carbocycles. The third-order valence-electron chi connectivity index (χ3n) is 3.01. The zero-order valence-corrected chi connectivity index (χ0v) is 11.0. The number of fused-ring (bicyclic) bond motifs is 1. The maximum atomic E-state index is 12.5. The van der Waals surface area contributed by atoms with Crippen LogP contribution in [0.25, 0.3) is 22.2 Å². The monoisotopic (exact) mass is 281 g/mol. The van der Waals surface area contributed by atoms with E-state index in [9.17, 15) is 4.79 Å². The van der Waals surface area contributed by atoms with E-state index < -0.39 is 0 Å². The lowest BCUT2D eigenvalue weighted by atomic mass is 10.1. The molecule has 0 unspecified atom stereocenters. The van der Waals surface area contributed by atoms with E-state index >= 15 is 0 Å². The van der Waals surface area contributed by atoms with E-state index in [1.807, 2.05) is 6.07 Å². The number of nitrogens with zero attached hydrogens (tertiary/aromatic N) is 2. The summed E-state index contributed by atoms with van der Waals surface area (Å²) in [5.74, 6) is 0. The molecule has 0 aliphatic carbocycles. The van der Waals surface area contributed by atoms with E-state index in [1.165, 1.54) is 0 Å². The number of H-pyrrole nitrogens is 1. The molecule has 0 amide bonds. The van der Waals surface area contributed by atoms with Crippen LogP contribution in [0.3, 0.4) is 0 Å². The van der Waals surface area contributed by atoms with Crippen LogP contribution in [0, 0.1) is 11.3 Å². The lowest BCUT2D eigenvalue weighted by Gasteiger charge is -2.03. The van der Waals surface area contributed by atoms with Crippen molar-refractivity contribution in [2.24, 2.45) is 0 Å². The Bertz CT molecular complexity index is 892. The minimum atomic E-state index is -0.210. The summed E-state index contributed by atoms with van der Waals surface area (Å²) < 4.78 is 0. The zero-order valence-electron chi connectivity index (χ0n) is 10.2. The Balaban J connectivity index is 2.28. The molecular weight excluding hydrogens is 274 g/mol. The van der Waals surface area contributed by atoms with Crippen LogP contribution < -0.4 is 5.43 Å². The van der Waals surface area contributed by atoms with Gasteiger partial charge >= 0.3 is 0 Å². The summed E-state index contributed by atoms with van der Waals surface area (Å²) in [4.78, 5) is 12.5. The Hall–Kier alpha value is -2.64. The molecule has 0 saturated heterocycles. The minimum Gasteiger partial charge on any atom is -0.287 e. The number of nitriles is 1. The van der Waals surface area contributed by atoms with Crippen LogP contribution in [0.15, 0.2) is 47.3 Å². The highest BCUT2D eigenvalue weighted by Crippen LogP contribution is 2.18. The van der Waals surface area contributed by atoms with Crippen molar-refractivity contribution in [2.75, 3.05) is 0 Å². The predicted molar refractivity (Wildman–Crippen MR) is 77.5 cm³/mol. The van der Waals surface area contributed by atoms with Gasteiger partial charge in [0.2, 0.25) is 5.43 Å². The molecule has 0 radical (unpaired) electrons. The second kappa shape index (κ2) is 4.80. The largest absolute Gasteiger partial charge is 0.287 e. The highest BCUT2D eigenvalue weighted by Gasteiger charge is 2.09. The summed E-state index contributed by atoms with van der Waals surface area (Å²) in [6.07, 6.45) is 0. The fraction of sp³-hybridized carbons (Fsp3) is 0. The zero-order chi connectivity index (χ0) is 14.1. The second-order valence-electron chi connectivity index (χ2n) is 4.28. The molecule has 5 heteroatoms. The van der Waals surface area contributed by atoms with Crippen molar-refractivity contribution in [1.82, 2.24) is 10.2 Å². The van der Waals surface area contributed by atoms with Gasteiger partial charge in [0, 0.05) is 10.6 Å². The maximum Gasteiger partial charge on any atom is 0.215 e. The van der Waals surface area contributed by atoms with Gasteiger partial charge in [0.25, 0.3) is 0 Å². The Morgan fingerprint density at radius 1 is 1.15 bits per heavy atom. The Morgan fingerprint density at radius 3 is 2.60 bits per heavy atom. The number of nitrogens with one attached hydrogen (secondary N) is 1. The summed E-state index contributed by atoms with van der Waals surface area (Å²) in [5.41, 5.74) is 1.82. The molecule has 0 fully saturated rings. The first-order valence-electron chi connectivity index (χ1n) is 5.87. The van der Waals surface area contributed by atoms with Crippen LogP contribution in [0.2, 0.25) is 5.02 Å². The number of hydrogen-bond acceptors (Lipinski definition) is 3. The van der Waals surface area contributed by atoms with Gasteiger partial charge in [-0.15, -0.1) is 0 Å². The molecular formula is C15H8ClN3O. The second-order valence-corrected chi connectivity index (χ2v) is 4.72. The minimum absolute atomic E-state index is 0.210. The molecule has 3 aromatic rings. The molecule has 96 valence electrons. The van der Waals surface area contributed by atoms with E-state index in [2.05, 4.69) is 10.2 Å². The van der Waals surface area contributed by atoms with Crippen molar-refractivity contribution in [3.63, 3.8) is 0 Å². The van der Waals surface area contributed by atoms with Crippen molar-refractivity contribution in [1.29, 1.82) is 5.26 Å². The lowest BCUT2D eigenvalue weighted by molar-refractivity contribution is 1.07. The molecule has 3 rings (SSSR count). The molecule has 0 bridgehead atoms. The van der Waals surface area contributed by atoms with E-state index in [1.54, 1.807) is 42.5 Å². The number of aromatic amines is 1. The Morgan fingerprint density at radius 2 is 1.90 bits per heavy atom. The Labute approximate surface area is 119 Å². The first-order chi connectivity index (χ1) is 9.69. The number of benzene rings is 2. The van der Waals surface area contributed by atoms with Gasteiger partial charge in [0.1, 0.15) is 5.69 Å². The van der Waals surface area contributed by atoms with Gasteiger partial charge < -0.3 is 0 Å². The van der Waals surface area contributed by atoms with Crippen LogP contribution in [0.5, 0.6) is 0 Å². The van der Waals surface area contributed by atoms with E-state index in [0.717, 1.165) is 0 Å². The smallest absolute Gasteiger partial charge is 0.215 e. The molecule has 20 heavy (non-hydrogen) atoms. The van der Waals surface area contributed by atoms with Crippen molar-refractivity contribution in [3.05, 3.63) is 63.3 Å². The van der Waals surface area contributed by atoms with Gasteiger partial charge in [-0.1, -0.05) is 23.7 Å². The van der Waals surface area contributed by atoms with E-state index in [0.29, 0.717) is 32.7 Å². The van der Waals surface area contributed by atoms with Crippen molar-refractivity contribution < 1.29 is 0 Å². The van der Waals surface area contributed by atoms with Crippen LogP contribution in [0.4, 0.5) is 0 Å². The normalized spacial score (nSPS) is 10.4. The fourth-order valence-corrected chi connectivity index (χ4v) is 2.12. The average molecular weight is 282 g/mol. The van der Waals surface area contributed by atoms with Gasteiger partial charge in [0.05, 0.1) is 22.5 Å². The third-order valence-corrected chi connectivity index (χ3v) is 3.27. The van der Waals surface area contributed by atoms with Crippen LogP contribution in [-0.2, 0) is 0 Å². The van der Waals surface area contributed by atoms with Crippen molar-refractivity contribution >= 4 is 22.5 Å². The molecule has 0 spiro atoms. The third kappa shape index (κ3) is 2.04. The molecule has 0 atom stereocenters. The highest BCUT2D eigenvalue weighted by atomic mass is 35.5. The summed E-state index contributed by atoms with van der Waals surface area (Å²) in [5, 5.41) is 16.9. The molecule has 0 aliphatic rings. The topological polar surface area (TPSA) is 69.5 Å². The molecule has 2 aromatic carbocycles. The van der Waals surface area contributed by atoms with Crippen molar-refractivity contribution in [2.45, 2.75) is 0 Å². The number of rotatable bonds is 1. The van der Waals surface area contributed by atoms with Gasteiger partial charge in [-0.3, -0.25) is 9.89 Å². The predicted octanol–water partition coefficient (Wildman–Crippen LogP) is 3.12. The van der Waals surface area contributed by atoms with Crippen LogP contribution >= 0.6 is 11.6 Å². The van der Waals surface area contributed by atoms with Gasteiger partial charge in [0.15, 0.2) is 0 Å². The summed E-state index contributed by atoms with van der Waals surface area (Å²) >= 11 is 5.83. The standard InChI is InChI=1S/C15H8ClN3O/c16-11-4-2-10(3-5-11)14-15(20)12-7-9(8-17)1-6-13(12)18-19-14/h1-7H,(H,18,20).